The van der Waals surface area contributed by atoms with Crippen molar-refractivity contribution in [1.82, 2.24) is 19.7 Å². The molecule has 1 aromatic carbocycles. The minimum atomic E-state index is -0.515. The van der Waals surface area contributed by atoms with Crippen LogP contribution in [-0.2, 0) is 22.4 Å². The molecule has 8 nitrogen and oxygen atoms in total. The Balaban J connectivity index is 1.62. The van der Waals surface area contributed by atoms with Crippen LogP contribution in [0.5, 0.6) is 0 Å². The molecule has 5 rings (SSSR count). The lowest BCUT2D eigenvalue weighted by Gasteiger charge is -2.15. The van der Waals surface area contributed by atoms with Gasteiger partial charge in [0.25, 0.3) is 0 Å². The molecule has 0 saturated carbocycles. The highest BCUT2D eigenvalue weighted by molar-refractivity contribution is 7.19. The molecule has 0 bridgehead atoms. The highest BCUT2D eigenvalue weighted by Crippen LogP contribution is 2.44. The van der Waals surface area contributed by atoms with Gasteiger partial charge >= 0.3 is 0 Å². The van der Waals surface area contributed by atoms with Crippen molar-refractivity contribution in [2.45, 2.75) is 40.0 Å². The first-order chi connectivity index (χ1) is 17.3. The molecular formula is C26H25FN6O2S. The number of carbonyl (C=O) groups is 2. The molecule has 0 unspecified atom stereocenters. The van der Waals surface area contributed by atoms with E-state index < -0.39 is 5.82 Å². The van der Waals surface area contributed by atoms with Crippen LogP contribution < -0.4 is 10.6 Å². The topological polar surface area (TPSA) is 102 Å². The minimum Gasteiger partial charge on any atom is -0.326 e. The maximum atomic E-state index is 15.5. The smallest absolute Gasteiger partial charge is 0.224 e. The van der Waals surface area contributed by atoms with Crippen molar-refractivity contribution in [2.75, 3.05) is 10.6 Å². The predicted octanol–water partition coefficient (Wildman–Crippen LogP) is 5.24. The zero-order chi connectivity index (χ0) is 25.4. The fourth-order valence-corrected chi connectivity index (χ4v) is 5.44. The number of pyridine rings is 1. The molecule has 0 saturated heterocycles. The van der Waals surface area contributed by atoms with E-state index in [9.17, 15) is 9.59 Å². The molecule has 3 heterocycles. The van der Waals surface area contributed by atoms with Crippen LogP contribution in [0.2, 0.25) is 0 Å². The number of aromatic nitrogens is 4. The van der Waals surface area contributed by atoms with E-state index in [1.165, 1.54) is 24.3 Å². The predicted molar refractivity (Wildman–Crippen MR) is 138 cm³/mol. The van der Waals surface area contributed by atoms with Gasteiger partial charge in [0.05, 0.1) is 22.0 Å². The second-order valence-electron chi connectivity index (χ2n) is 9.12. The summed E-state index contributed by atoms with van der Waals surface area (Å²) in [4.78, 5) is 33.4. The Hall–Kier alpha value is -3.92. The molecule has 1 aliphatic rings. The van der Waals surface area contributed by atoms with Gasteiger partial charge < -0.3 is 10.6 Å². The van der Waals surface area contributed by atoms with Gasteiger partial charge in [-0.1, -0.05) is 25.2 Å². The number of hydrogen-bond acceptors (Lipinski definition) is 6. The third kappa shape index (κ3) is 4.64. The number of fused-ring (bicyclic) bond motifs is 3. The van der Waals surface area contributed by atoms with E-state index in [0.717, 1.165) is 33.1 Å². The van der Waals surface area contributed by atoms with E-state index >= 15 is 4.39 Å². The van der Waals surface area contributed by atoms with Crippen molar-refractivity contribution < 1.29 is 14.0 Å². The lowest BCUT2D eigenvalue weighted by molar-refractivity contribution is -0.117. The Morgan fingerprint density at radius 1 is 1.19 bits per heavy atom. The second-order valence-corrected chi connectivity index (χ2v) is 10.1. The zero-order valence-electron chi connectivity index (χ0n) is 20.1. The van der Waals surface area contributed by atoms with Crippen LogP contribution in [0.1, 0.15) is 38.4 Å². The highest BCUT2D eigenvalue weighted by Gasteiger charge is 2.30. The molecule has 10 heteroatoms. The molecule has 0 radical (unpaired) electrons. The van der Waals surface area contributed by atoms with Crippen molar-refractivity contribution >= 4 is 34.0 Å². The van der Waals surface area contributed by atoms with Crippen LogP contribution in [0.15, 0.2) is 42.7 Å². The van der Waals surface area contributed by atoms with Crippen molar-refractivity contribution in [3.8, 4) is 27.5 Å². The van der Waals surface area contributed by atoms with Gasteiger partial charge in [0.1, 0.15) is 5.69 Å². The molecule has 4 aromatic rings. The van der Waals surface area contributed by atoms with Crippen LogP contribution in [0.4, 0.5) is 15.2 Å². The number of hydrogen-bond donors (Lipinski definition) is 2. The van der Waals surface area contributed by atoms with Gasteiger partial charge in [-0.2, -0.15) is 5.10 Å². The molecule has 1 aliphatic carbocycles. The first-order valence-corrected chi connectivity index (χ1v) is 12.5. The SMILES string of the molecule is CC(=O)Nc1nc2c(s1)-c1c(c(-c3cccnc3)nn1-c1ccc(NC(=O)CC(C)C)cc1F)CC2. The average molecular weight is 505 g/mol. The van der Waals surface area contributed by atoms with E-state index in [1.54, 1.807) is 29.2 Å². The van der Waals surface area contributed by atoms with Gasteiger partial charge in [0.2, 0.25) is 11.8 Å². The van der Waals surface area contributed by atoms with Gasteiger partial charge in [-0.15, -0.1) is 0 Å². The van der Waals surface area contributed by atoms with Crippen LogP contribution in [0, 0.1) is 11.7 Å². The summed E-state index contributed by atoms with van der Waals surface area (Å²) in [6.07, 6.45) is 5.14. The van der Waals surface area contributed by atoms with Gasteiger partial charge in [-0.25, -0.2) is 14.1 Å². The van der Waals surface area contributed by atoms with E-state index in [0.29, 0.717) is 30.1 Å². The number of aryl methyl sites for hydroxylation is 1. The summed E-state index contributed by atoms with van der Waals surface area (Å²) in [5, 5.41) is 10.8. The summed E-state index contributed by atoms with van der Waals surface area (Å²) in [6.45, 7) is 5.34. The number of nitrogens with one attached hydrogen (secondary N) is 2. The van der Waals surface area contributed by atoms with E-state index in [-0.39, 0.29) is 23.4 Å². The number of amides is 2. The van der Waals surface area contributed by atoms with E-state index in [1.807, 2.05) is 26.0 Å². The van der Waals surface area contributed by atoms with Crippen LogP contribution in [-0.4, -0.2) is 31.6 Å². The van der Waals surface area contributed by atoms with Gasteiger partial charge in [0.15, 0.2) is 10.9 Å². The molecule has 184 valence electrons. The monoisotopic (exact) mass is 504 g/mol. The van der Waals surface area contributed by atoms with Gasteiger partial charge in [-0.3, -0.25) is 14.6 Å². The Labute approximate surface area is 211 Å². The zero-order valence-corrected chi connectivity index (χ0v) is 20.9. The lowest BCUT2D eigenvalue weighted by atomic mass is 9.95. The molecule has 0 spiro atoms. The summed E-state index contributed by atoms with van der Waals surface area (Å²) in [7, 11) is 0. The van der Waals surface area contributed by atoms with E-state index in [2.05, 4.69) is 20.6 Å². The normalized spacial score (nSPS) is 12.2. The quantitative estimate of drug-likeness (QED) is 0.374. The molecular weight excluding hydrogens is 479 g/mol. The standard InChI is InChI=1S/C26H25FN6O2S/c1-14(2)11-22(35)30-17-6-9-21(19(27)12-17)33-24-18(23(32-33)16-5-4-10-28-13-16)7-8-20-25(24)36-26(31-20)29-15(3)34/h4-6,9-10,12-14H,7-8,11H2,1-3H3,(H,30,35)(H,29,31,34). The Kier molecular flexibility index (Phi) is 6.36. The fourth-order valence-electron chi connectivity index (χ4n) is 4.32. The molecule has 3 aromatic heterocycles. The summed E-state index contributed by atoms with van der Waals surface area (Å²) in [5.41, 5.74) is 4.77. The van der Waals surface area contributed by atoms with E-state index in [4.69, 9.17) is 5.10 Å². The Morgan fingerprint density at radius 2 is 2.03 bits per heavy atom. The lowest BCUT2D eigenvalue weighted by Crippen LogP contribution is -2.14. The molecule has 0 aliphatic heterocycles. The van der Waals surface area contributed by atoms with Crippen LogP contribution >= 0.6 is 11.3 Å². The Morgan fingerprint density at radius 3 is 2.72 bits per heavy atom. The fraction of sp³-hybridized carbons (Fsp3) is 0.269. The maximum Gasteiger partial charge on any atom is 0.224 e. The highest BCUT2D eigenvalue weighted by atomic mass is 32.1. The number of rotatable bonds is 6. The third-order valence-corrected chi connectivity index (χ3v) is 6.80. The first-order valence-electron chi connectivity index (χ1n) is 11.7. The van der Waals surface area contributed by atoms with Crippen molar-refractivity contribution in [3.63, 3.8) is 0 Å². The molecule has 2 N–H and O–H groups in total. The number of nitrogens with zero attached hydrogens (tertiary/aromatic N) is 4. The first kappa shape index (κ1) is 23.8. The van der Waals surface area contributed by atoms with Crippen LogP contribution in [0.25, 0.3) is 27.5 Å². The second kappa shape index (κ2) is 9.62. The molecule has 36 heavy (non-hydrogen) atoms. The largest absolute Gasteiger partial charge is 0.326 e. The summed E-state index contributed by atoms with van der Waals surface area (Å²) < 4.78 is 17.1. The van der Waals surface area contributed by atoms with Crippen molar-refractivity contribution in [1.29, 1.82) is 0 Å². The van der Waals surface area contributed by atoms with Crippen molar-refractivity contribution in [3.05, 3.63) is 59.8 Å². The number of carbonyl (C=O) groups excluding carboxylic acids is 2. The average Bonchev–Trinajstić information content (AvgIpc) is 3.39. The number of benzene rings is 1. The minimum absolute atomic E-state index is 0.160. The van der Waals surface area contributed by atoms with Gasteiger partial charge in [0, 0.05) is 42.6 Å². The number of halogens is 1. The summed E-state index contributed by atoms with van der Waals surface area (Å²) in [5.74, 6) is -0.676. The number of thiazole rings is 1. The third-order valence-electron chi connectivity index (χ3n) is 5.78. The maximum absolute atomic E-state index is 15.5. The summed E-state index contributed by atoms with van der Waals surface area (Å²) in [6, 6.07) is 8.36. The van der Waals surface area contributed by atoms with Crippen molar-refractivity contribution in [2.24, 2.45) is 5.92 Å². The molecule has 0 atom stereocenters. The Bertz CT molecular complexity index is 1460. The van der Waals surface area contributed by atoms with Gasteiger partial charge in [-0.05, 0) is 49.1 Å². The molecule has 2 amide bonds. The summed E-state index contributed by atoms with van der Waals surface area (Å²) >= 11 is 1.35. The molecule has 0 fully saturated rings. The van der Waals surface area contributed by atoms with Crippen LogP contribution in [0.3, 0.4) is 0 Å². The number of anilines is 2.